The Hall–Kier alpha value is -0.610. The molecular weight excluding hydrogens is 190 g/mol. The first-order chi connectivity index (χ1) is 7.02. The van der Waals surface area contributed by atoms with Crippen LogP contribution >= 0.6 is 0 Å². The fourth-order valence-electron chi connectivity index (χ4n) is 1.27. The Kier molecular flexibility index (Phi) is 7.34. The van der Waals surface area contributed by atoms with Crippen LogP contribution < -0.4 is 16.8 Å². The number of hydrogen-bond acceptors (Lipinski definition) is 3. The van der Waals surface area contributed by atoms with E-state index < -0.39 is 0 Å². The Labute approximate surface area is 92.8 Å². The zero-order valence-electron chi connectivity index (χ0n) is 10.1. The normalized spacial score (nSPS) is 16.9. The Bertz CT molecular complexity index is 183. The van der Waals surface area contributed by atoms with Crippen molar-refractivity contribution in [3.05, 3.63) is 0 Å². The highest BCUT2D eigenvalue weighted by Crippen LogP contribution is 2.03. The van der Waals surface area contributed by atoms with E-state index in [-0.39, 0.29) is 23.9 Å². The van der Waals surface area contributed by atoms with Crippen LogP contribution in [-0.4, -0.2) is 24.5 Å². The highest BCUT2D eigenvalue weighted by Gasteiger charge is 2.19. The molecule has 1 amide bonds. The van der Waals surface area contributed by atoms with Crippen LogP contribution in [0.1, 0.15) is 40.0 Å². The summed E-state index contributed by atoms with van der Waals surface area (Å²) in [5.41, 5.74) is 11.3. The van der Waals surface area contributed by atoms with E-state index in [0.29, 0.717) is 6.54 Å². The average molecular weight is 215 g/mol. The molecule has 5 N–H and O–H groups in total. The zero-order valence-corrected chi connectivity index (χ0v) is 10.1. The van der Waals surface area contributed by atoms with Crippen LogP contribution in [0.5, 0.6) is 0 Å². The second-order valence-corrected chi connectivity index (χ2v) is 4.23. The quantitative estimate of drug-likeness (QED) is 0.582. The van der Waals surface area contributed by atoms with Gasteiger partial charge in [0.25, 0.3) is 0 Å². The molecule has 0 aliphatic rings. The molecule has 0 bridgehead atoms. The lowest BCUT2D eigenvalue weighted by Gasteiger charge is -2.21. The summed E-state index contributed by atoms with van der Waals surface area (Å²) < 4.78 is 0. The molecule has 0 aromatic rings. The first-order valence-electron chi connectivity index (χ1n) is 5.78. The number of nitrogens with one attached hydrogen (secondary N) is 1. The van der Waals surface area contributed by atoms with E-state index in [1.165, 1.54) is 0 Å². The molecular formula is C11H25N3O. The van der Waals surface area contributed by atoms with E-state index in [9.17, 15) is 4.79 Å². The molecule has 0 aromatic heterocycles. The summed E-state index contributed by atoms with van der Waals surface area (Å²) in [7, 11) is 0. The summed E-state index contributed by atoms with van der Waals surface area (Å²) in [5, 5.41) is 2.94. The standard InChI is InChI=1S/C11H25N3O/c1-4-5-6-10(7-12)14-11(15)8(2)9(3)13/h8-10H,4-7,12-13H2,1-3H3,(H,14,15). The van der Waals surface area contributed by atoms with Crippen molar-refractivity contribution in [2.75, 3.05) is 6.54 Å². The molecule has 0 heterocycles. The smallest absolute Gasteiger partial charge is 0.224 e. The van der Waals surface area contributed by atoms with Gasteiger partial charge >= 0.3 is 0 Å². The van der Waals surface area contributed by atoms with E-state index in [1.54, 1.807) is 0 Å². The third kappa shape index (κ3) is 5.74. The maximum Gasteiger partial charge on any atom is 0.224 e. The minimum atomic E-state index is -0.152. The second kappa shape index (κ2) is 7.65. The van der Waals surface area contributed by atoms with E-state index in [0.717, 1.165) is 19.3 Å². The van der Waals surface area contributed by atoms with Gasteiger partial charge in [-0.1, -0.05) is 26.7 Å². The van der Waals surface area contributed by atoms with Gasteiger partial charge in [0.15, 0.2) is 0 Å². The Morgan fingerprint density at radius 1 is 1.40 bits per heavy atom. The van der Waals surface area contributed by atoms with Crippen LogP contribution in [0.3, 0.4) is 0 Å². The van der Waals surface area contributed by atoms with Crippen LogP contribution in [-0.2, 0) is 4.79 Å². The number of amides is 1. The molecule has 4 nitrogen and oxygen atoms in total. The summed E-state index contributed by atoms with van der Waals surface area (Å²) in [5.74, 6) is -0.141. The van der Waals surface area contributed by atoms with E-state index >= 15 is 0 Å². The lowest BCUT2D eigenvalue weighted by molar-refractivity contribution is -0.125. The number of hydrogen-bond donors (Lipinski definition) is 3. The Morgan fingerprint density at radius 2 is 2.00 bits per heavy atom. The van der Waals surface area contributed by atoms with Crippen molar-refractivity contribution in [2.24, 2.45) is 17.4 Å². The Balaban J connectivity index is 4.00. The monoisotopic (exact) mass is 215 g/mol. The molecule has 0 spiro atoms. The summed E-state index contributed by atoms with van der Waals surface area (Å²) in [4.78, 5) is 11.7. The summed E-state index contributed by atoms with van der Waals surface area (Å²) >= 11 is 0. The third-order valence-electron chi connectivity index (χ3n) is 2.74. The molecule has 0 fully saturated rings. The molecule has 0 radical (unpaired) electrons. The number of rotatable bonds is 7. The minimum absolute atomic E-state index is 0.0107. The molecule has 0 aliphatic carbocycles. The van der Waals surface area contributed by atoms with Crippen molar-refractivity contribution in [3.63, 3.8) is 0 Å². The fourth-order valence-corrected chi connectivity index (χ4v) is 1.27. The molecule has 3 atom stereocenters. The van der Waals surface area contributed by atoms with E-state index in [4.69, 9.17) is 11.5 Å². The fraction of sp³-hybridized carbons (Fsp3) is 0.909. The lowest BCUT2D eigenvalue weighted by Crippen LogP contribution is -2.46. The number of unbranched alkanes of at least 4 members (excludes halogenated alkanes) is 1. The molecule has 0 saturated heterocycles. The molecule has 90 valence electrons. The topological polar surface area (TPSA) is 81.1 Å². The lowest BCUT2D eigenvalue weighted by atomic mass is 10.0. The van der Waals surface area contributed by atoms with Crippen LogP contribution in [0.4, 0.5) is 0 Å². The van der Waals surface area contributed by atoms with Gasteiger partial charge in [-0.05, 0) is 13.3 Å². The van der Waals surface area contributed by atoms with Gasteiger partial charge in [0.2, 0.25) is 5.91 Å². The largest absolute Gasteiger partial charge is 0.352 e. The maximum absolute atomic E-state index is 11.7. The SMILES string of the molecule is CCCCC(CN)NC(=O)C(C)C(C)N. The van der Waals surface area contributed by atoms with Crippen molar-refractivity contribution in [3.8, 4) is 0 Å². The van der Waals surface area contributed by atoms with Crippen molar-refractivity contribution < 1.29 is 4.79 Å². The predicted octanol–water partition coefficient (Wildman–Crippen LogP) is 0.603. The van der Waals surface area contributed by atoms with Gasteiger partial charge in [0.1, 0.15) is 0 Å². The van der Waals surface area contributed by atoms with Crippen LogP contribution in [0.25, 0.3) is 0 Å². The maximum atomic E-state index is 11.7. The highest BCUT2D eigenvalue weighted by molar-refractivity contribution is 5.79. The predicted molar refractivity (Wildman–Crippen MR) is 63.3 cm³/mol. The van der Waals surface area contributed by atoms with Crippen molar-refractivity contribution in [2.45, 2.75) is 52.1 Å². The van der Waals surface area contributed by atoms with Gasteiger partial charge in [-0.25, -0.2) is 0 Å². The van der Waals surface area contributed by atoms with Gasteiger partial charge in [-0.2, -0.15) is 0 Å². The van der Waals surface area contributed by atoms with Gasteiger partial charge in [-0.3, -0.25) is 4.79 Å². The number of carbonyl (C=O) groups excluding carboxylic acids is 1. The average Bonchev–Trinajstić information content (AvgIpc) is 2.22. The van der Waals surface area contributed by atoms with Gasteiger partial charge < -0.3 is 16.8 Å². The van der Waals surface area contributed by atoms with Crippen LogP contribution in [0, 0.1) is 5.92 Å². The van der Waals surface area contributed by atoms with Crippen LogP contribution in [0.15, 0.2) is 0 Å². The molecule has 0 aromatic carbocycles. The minimum Gasteiger partial charge on any atom is -0.352 e. The second-order valence-electron chi connectivity index (χ2n) is 4.23. The molecule has 0 aliphatic heterocycles. The molecule has 3 unspecified atom stereocenters. The molecule has 15 heavy (non-hydrogen) atoms. The summed E-state index contributed by atoms with van der Waals surface area (Å²) in [6.07, 6.45) is 3.16. The summed E-state index contributed by atoms with van der Waals surface area (Å²) in [6.45, 7) is 6.30. The number of carbonyl (C=O) groups is 1. The highest BCUT2D eigenvalue weighted by atomic mass is 16.1. The van der Waals surface area contributed by atoms with Crippen molar-refractivity contribution in [1.29, 1.82) is 0 Å². The zero-order chi connectivity index (χ0) is 11.8. The van der Waals surface area contributed by atoms with Gasteiger partial charge in [0.05, 0.1) is 0 Å². The third-order valence-corrected chi connectivity index (χ3v) is 2.74. The molecule has 4 heteroatoms. The first kappa shape index (κ1) is 14.4. The molecule has 0 rings (SSSR count). The summed E-state index contributed by atoms with van der Waals surface area (Å²) in [6, 6.07) is -0.0201. The van der Waals surface area contributed by atoms with Gasteiger partial charge in [-0.15, -0.1) is 0 Å². The Morgan fingerprint density at radius 3 is 2.40 bits per heavy atom. The van der Waals surface area contributed by atoms with E-state index in [2.05, 4.69) is 12.2 Å². The first-order valence-corrected chi connectivity index (χ1v) is 5.78. The van der Waals surface area contributed by atoms with Crippen molar-refractivity contribution >= 4 is 5.91 Å². The van der Waals surface area contributed by atoms with Crippen molar-refractivity contribution in [1.82, 2.24) is 5.32 Å². The number of nitrogens with two attached hydrogens (primary N) is 2. The van der Waals surface area contributed by atoms with Crippen LogP contribution in [0.2, 0.25) is 0 Å². The molecule has 0 saturated carbocycles. The van der Waals surface area contributed by atoms with Gasteiger partial charge in [0, 0.05) is 24.5 Å². The van der Waals surface area contributed by atoms with E-state index in [1.807, 2.05) is 13.8 Å².